The predicted molar refractivity (Wildman–Crippen MR) is 112 cm³/mol. The third kappa shape index (κ3) is 3.51. The van der Waals surface area contributed by atoms with Crippen molar-refractivity contribution in [2.45, 2.75) is 13.5 Å². The van der Waals surface area contributed by atoms with E-state index in [1.54, 1.807) is 36.4 Å². The highest BCUT2D eigenvalue weighted by Crippen LogP contribution is 2.33. The number of anilines is 1. The standard InChI is InChI=1S/C23H17FN4O2/c1-14(29)28-13-17-10-19(24)23(16-6-9-22(30-3)26-12-16)27-20(17)8-5-15-4-7-18(25-2)11-21(15)28/h4-12H,13H2,1,3H3. The molecular formula is C23H17FN4O2. The number of nitrogens with zero attached hydrogens (tertiary/aromatic N) is 4. The third-order valence-corrected chi connectivity index (χ3v) is 4.87. The molecule has 3 aromatic rings. The minimum atomic E-state index is -0.506. The van der Waals surface area contributed by atoms with Crippen molar-refractivity contribution in [3.05, 3.63) is 76.7 Å². The Bertz CT molecular complexity index is 1210. The molecule has 0 saturated carbocycles. The molecule has 148 valence electrons. The Balaban J connectivity index is 1.84. The van der Waals surface area contributed by atoms with Crippen molar-refractivity contribution in [2.24, 2.45) is 0 Å². The third-order valence-electron chi connectivity index (χ3n) is 4.87. The Morgan fingerprint density at radius 1 is 1.23 bits per heavy atom. The number of aromatic nitrogens is 2. The topological polar surface area (TPSA) is 59.7 Å². The number of hydrogen-bond acceptors (Lipinski definition) is 4. The molecule has 3 heterocycles. The maximum absolute atomic E-state index is 14.9. The first-order chi connectivity index (χ1) is 14.5. The molecule has 0 radical (unpaired) electrons. The van der Waals surface area contributed by atoms with Gasteiger partial charge in [-0.05, 0) is 29.8 Å². The molecule has 0 bridgehead atoms. The highest BCUT2D eigenvalue weighted by Gasteiger charge is 2.21. The number of ether oxygens (including phenoxy) is 1. The van der Waals surface area contributed by atoms with Gasteiger partial charge in [0.1, 0.15) is 11.5 Å². The number of methoxy groups -OCH3 is 1. The molecule has 7 heteroatoms. The molecule has 30 heavy (non-hydrogen) atoms. The van der Waals surface area contributed by atoms with Gasteiger partial charge in [-0.3, -0.25) is 4.79 Å². The summed E-state index contributed by atoms with van der Waals surface area (Å²) in [6.45, 7) is 8.83. The lowest BCUT2D eigenvalue weighted by atomic mass is 10.0. The number of fused-ring (bicyclic) bond motifs is 2. The second-order valence-electron chi connectivity index (χ2n) is 6.75. The molecule has 0 fully saturated rings. The number of pyridine rings is 2. The first-order valence-electron chi connectivity index (χ1n) is 9.17. The van der Waals surface area contributed by atoms with Crippen molar-refractivity contribution >= 4 is 29.4 Å². The van der Waals surface area contributed by atoms with E-state index in [2.05, 4.69) is 14.8 Å². The highest BCUT2D eigenvalue weighted by atomic mass is 19.1. The molecule has 4 rings (SSSR count). The molecule has 0 atom stereocenters. The molecule has 0 saturated heterocycles. The lowest BCUT2D eigenvalue weighted by Crippen LogP contribution is -2.29. The van der Waals surface area contributed by atoms with E-state index in [4.69, 9.17) is 11.3 Å². The van der Waals surface area contributed by atoms with Crippen LogP contribution in [0.2, 0.25) is 0 Å². The quantitative estimate of drug-likeness (QED) is 0.576. The van der Waals surface area contributed by atoms with Crippen molar-refractivity contribution in [3.8, 4) is 17.1 Å². The Kier molecular flexibility index (Phi) is 4.98. The van der Waals surface area contributed by atoms with Crippen LogP contribution in [0.4, 0.5) is 15.8 Å². The van der Waals surface area contributed by atoms with Gasteiger partial charge >= 0.3 is 0 Å². The number of benzene rings is 1. The van der Waals surface area contributed by atoms with E-state index >= 15 is 0 Å². The van der Waals surface area contributed by atoms with E-state index in [9.17, 15) is 9.18 Å². The molecule has 6 nitrogen and oxygen atoms in total. The zero-order chi connectivity index (χ0) is 21.3. The van der Waals surface area contributed by atoms with Gasteiger partial charge in [-0.15, -0.1) is 0 Å². The summed E-state index contributed by atoms with van der Waals surface area (Å²) in [5, 5.41) is 0. The van der Waals surface area contributed by atoms with Crippen molar-refractivity contribution in [3.63, 3.8) is 0 Å². The number of amides is 1. The van der Waals surface area contributed by atoms with Crippen LogP contribution in [0.15, 0.2) is 42.6 Å². The molecule has 1 aliphatic heterocycles. The van der Waals surface area contributed by atoms with Crippen LogP contribution in [0.25, 0.3) is 28.3 Å². The van der Waals surface area contributed by atoms with Crippen LogP contribution < -0.4 is 9.64 Å². The van der Waals surface area contributed by atoms with E-state index in [0.29, 0.717) is 34.1 Å². The van der Waals surface area contributed by atoms with Crippen molar-refractivity contribution < 1.29 is 13.9 Å². The zero-order valence-electron chi connectivity index (χ0n) is 16.4. The summed E-state index contributed by atoms with van der Waals surface area (Å²) in [4.78, 5) is 26.0. The Morgan fingerprint density at radius 2 is 2.07 bits per heavy atom. The highest BCUT2D eigenvalue weighted by molar-refractivity contribution is 5.96. The lowest BCUT2D eigenvalue weighted by Gasteiger charge is -2.26. The number of rotatable bonds is 2. The number of halogens is 1. The van der Waals surface area contributed by atoms with Crippen LogP contribution in [0.1, 0.15) is 23.7 Å². The fourth-order valence-electron chi connectivity index (χ4n) is 3.34. The smallest absolute Gasteiger partial charge is 0.224 e. The summed E-state index contributed by atoms with van der Waals surface area (Å²) in [6.07, 6.45) is 5.12. The summed E-state index contributed by atoms with van der Waals surface area (Å²) in [5.74, 6) is -0.283. The van der Waals surface area contributed by atoms with Crippen LogP contribution in [0.5, 0.6) is 5.88 Å². The van der Waals surface area contributed by atoms with Gasteiger partial charge in [0, 0.05) is 36.0 Å². The van der Waals surface area contributed by atoms with Gasteiger partial charge in [0.15, 0.2) is 5.69 Å². The average molecular weight is 400 g/mol. The monoisotopic (exact) mass is 400 g/mol. The predicted octanol–water partition coefficient (Wildman–Crippen LogP) is 4.88. The second kappa shape index (κ2) is 7.76. The summed E-state index contributed by atoms with van der Waals surface area (Å²) in [6, 6.07) is 9.89. The maximum Gasteiger partial charge on any atom is 0.224 e. The van der Waals surface area contributed by atoms with Crippen LogP contribution in [-0.2, 0) is 11.3 Å². The maximum atomic E-state index is 14.9. The van der Waals surface area contributed by atoms with Gasteiger partial charge in [0.25, 0.3) is 0 Å². The zero-order valence-corrected chi connectivity index (χ0v) is 16.4. The van der Waals surface area contributed by atoms with E-state index in [1.807, 2.05) is 6.08 Å². The van der Waals surface area contributed by atoms with E-state index in [1.165, 1.54) is 31.2 Å². The van der Waals surface area contributed by atoms with Gasteiger partial charge in [0.2, 0.25) is 11.8 Å². The second-order valence-corrected chi connectivity index (χ2v) is 6.75. The average Bonchev–Trinajstić information content (AvgIpc) is 2.75. The van der Waals surface area contributed by atoms with Crippen LogP contribution >= 0.6 is 0 Å². The Labute approximate surface area is 173 Å². The van der Waals surface area contributed by atoms with Crippen molar-refractivity contribution in [1.82, 2.24) is 9.97 Å². The molecular weight excluding hydrogens is 383 g/mol. The number of carbonyl (C=O) groups is 1. The van der Waals surface area contributed by atoms with Crippen molar-refractivity contribution in [1.29, 1.82) is 0 Å². The fourth-order valence-corrected chi connectivity index (χ4v) is 3.34. The van der Waals surface area contributed by atoms with Gasteiger partial charge in [-0.2, -0.15) is 0 Å². The van der Waals surface area contributed by atoms with E-state index < -0.39 is 5.82 Å². The Morgan fingerprint density at radius 3 is 2.73 bits per heavy atom. The number of hydrogen-bond donors (Lipinski definition) is 0. The molecule has 1 aromatic carbocycles. The van der Waals surface area contributed by atoms with Crippen molar-refractivity contribution in [2.75, 3.05) is 12.0 Å². The number of carbonyl (C=O) groups excluding carboxylic acids is 1. The largest absolute Gasteiger partial charge is 0.481 e. The molecule has 0 N–H and O–H groups in total. The SMILES string of the molecule is [C-]#[N+]c1ccc2c(c1)N(C(C)=O)Cc1cc(F)c(-c3ccc(OC)nc3)nc1C=C2. The molecule has 0 aliphatic carbocycles. The molecule has 1 aliphatic rings. The first-order valence-corrected chi connectivity index (χ1v) is 9.17. The molecule has 0 spiro atoms. The molecule has 1 amide bonds. The fraction of sp³-hybridized carbons (Fsp3) is 0.130. The summed E-state index contributed by atoms with van der Waals surface area (Å²) >= 11 is 0. The normalized spacial score (nSPS) is 12.3. The summed E-state index contributed by atoms with van der Waals surface area (Å²) < 4.78 is 20.0. The van der Waals surface area contributed by atoms with Gasteiger partial charge in [-0.25, -0.2) is 19.2 Å². The van der Waals surface area contributed by atoms with Crippen LogP contribution in [-0.4, -0.2) is 23.0 Å². The summed E-state index contributed by atoms with van der Waals surface area (Å²) in [5.41, 5.74) is 3.66. The summed E-state index contributed by atoms with van der Waals surface area (Å²) in [7, 11) is 1.51. The minimum absolute atomic E-state index is 0.147. The first kappa shape index (κ1) is 19.3. The van der Waals surface area contributed by atoms with E-state index in [-0.39, 0.29) is 18.1 Å². The molecule has 0 unspecified atom stereocenters. The van der Waals surface area contributed by atoms with Gasteiger partial charge < -0.3 is 9.64 Å². The van der Waals surface area contributed by atoms with Gasteiger partial charge in [0.05, 0.1) is 25.9 Å². The molecule has 2 aromatic heterocycles. The lowest BCUT2D eigenvalue weighted by molar-refractivity contribution is -0.116. The van der Waals surface area contributed by atoms with E-state index in [0.717, 1.165) is 5.56 Å². The van der Waals surface area contributed by atoms with Crippen LogP contribution in [0.3, 0.4) is 0 Å². The minimum Gasteiger partial charge on any atom is -0.481 e. The van der Waals surface area contributed by atoms with Crippen LogP contribution in [0, 0.1) is 12.4 Å². The Hall–Kier alpha value is -4.05. The van der Waals surface area contributed by atoms with Gasteiger partial charge in [-0.1, -0.05) is 18.2 Å².